The van der Waals surface area contributed by atoms with Crippen LogP contribution in [0.3, 0.4) is 0 Å². The van der Waals surface area contributed by atoms with Crippen molar-refractivity contribution in [2.24, 2.45) is 11.8 Å². The van der Waals surface area contributed by atoms with Crippen molar-refractivity contribution in [1.82, 2.24) is 4.98 Å². The van der Waals surface area contributed by atoms with Gasteiger partial charge in [0.15, 0.2) is 11.2 Å². The normalized spacial score (nSPS) is 20.8. The Labute approximate surface area is 143 Å². The lowest BCUT2D eigenvalue weighted by atomic mass is 9.92. The van der Waals surface area contributed by atoms with E-state index in [4.69, 9.17) is 4.42 Å². The van der Waals surface area contributed by atoms with E-state index in [1.165, 1.54) is 23.1 Å². The molecular formula is C21H24N2O. The zero-order valence-corrected chi connectivity index (χ0v) is 14.8. The molecule has 1 aliphatic heterocycles. The number of hydrogen-bond donors (Lipinski definition) is 0. The van der Waals surface area contributed by atoms with Gasteiger partial charge in [0.05, 0.1) is 11.9 Å². The molecule has 2 aromatic heterocycles. The summed E-state index contributed by atoms with van der Waals surface area (Å²) in [4.78, 5) is 6.59. The second-order valence-corrected chi connectivity index (χ2v) is 7.36. The molecule has 4 rings (SSSR count). The Balaban J connectivity index is 1.85. The lowest BCUT2D eigenvalue weighted by Gasteiger charge is -2.28. The highest BCUT2D eigenvalue weighted by molar-refractivity contribution is 6.09. The van der Waals surface area contributed by atoms with Gasteiger partial charge < -0.3 is 9.32 Å². The summed E-state index contributed by atoms with van der Waals surface area (Å²) in [5.41, 5.74) is 4.27. The first-order valence-electron chi connectivity index (χ1n) is 8.78. The Morgan fingerprint density at radius 1 is 1.21 bits per heavy atom. The standard InChI is InChI=1S/C21H24N2O/c1-13(2)11-16-8-10-23(15(16)4)20-14(3)5-6-18-17-7-9-22-12-19(17)24-21(18)20/h5-10,12-13,15-16H,11H2,1-4H3/t15-,16?/m0/s1. The molecule has 3 heteroatoms. The van der Waals surface area contributed by atoms with Crippen LogP contribution in [0.25, 0.3) is 21.9 Å². The average molecular weight is 320 g/mol. The Bertz CT molecular complexity index is 922. The highest BCUT2D eigenvalue weighted by atomic mass is 16.3. The number of rotatable bonds is 3. The zero-order chi connectivity index (χ0) is 16.8. The summed E-state index contributed by atoms with van der Waals surface area (Å²) in [5, 5.41) is 2.30. The van der Waals surface area contributed by atoms with Gasteiger partial charge in [0, 0.05) is 29.2 Å². The maximum Gasteiger partial charge on any atom is 0.159 e. The van der Waals surface area contributed by atoms with Gasteiger partial charge in [0.25, 0.3) is 0 Å². The molecule has 0 amide bonds. The number of nitrogens with zero attached hydrogens (tertiary/aromatic N) is 2. The number of aryl methyl sites for hydroxylation is 1. The van der Waals surface area contributed by atoms with E-state index in [0.29, 0.717) is 17.9 Å². The van der Waals surface area contributed by atoms with E-state index in [1.807, 2.05) is 12.3 Å². The molecule has 1 aliphatic rings. The molecule has 124 valence electrons. The largest absolute Gasteiger partial charge is 0.452 e. The summed E-state index contributed by atoms with van der Waals surface area (Å²) in [6, 6.07) is 6.84. The number of furan rings is 1. The van der Waals surface area contributed by atoms with E-state index in [2.05, 4.69) is 62.0 Å². The molecule has 1 aromatic carbocycles. The molecule has 2 atom stereocenters. The van der Waals surface area contributed by atoms with E-state index < -0.39 is 0 Å². The van der Waals surface area contributed by atoms with E-state index in [0.717, 1.165) is 16.6 Å². The van der Waals surface area contributed by atoms with Crippen LogP contribution in [0.5, 0.6) is 0 Å². The Morgan fingerprint density at radius 2 is 2.04 bits per heavy atom. The van der Waals surface area contributed by atoms with Gasteiger partial charge in [-0.2, -0.15) is 0 Å². The van der Waals surface area contributed by atoms with Crippen molar-refractivity contribution >= 4 is 27.6 Å². The summed E-state index contributed by atoms with van der Waals surface area (Å²) in [7, 11) is 0. The van der Waals surface area contributed by atoms with Crippen molar-refractivity contribution in [3.8, 4) is 0 Å². The number of aromatic nitrogens is 1. The first-order chi connectivity index (χ1) is 11.6. The van der Waals surface area contributed by atoms with Crippen LogP contribution in [0.15, 0.2) is 47.3 Å². The third-order valence-corrected chi connectivity index (χ3v) is 5.17. The van der Waals surface area contributed by atoms with Gasteiger partial charge in [-0.3, -0.25) is 4.98 Å². The summed E-state index contributed by atoms with van der Waals surface area (Å²) in [6.07, 6.45) is 9.44. The van der Waals surface area contributed by atoms with Gasteiger partial charge in [-0.1, -0.05) is 32.1 Å². The number of anilines is 1. The lowest BCUT2D eigenvalue weighted by molar-refractivity contribution is 0.436. The minimum Gasteiger partial charge on any atom is -0.452 e. The van der Waals surface area contributed by atoms with Crippen molar-refractivity contribution in [2.45, 2.75) is 40.2 Å². The number of pyridine rings is 1. The second kappa shape index (κ2) is 5.66. The fraction of sp³-hybridized carbons (Fsp3) is 0.381. The van der Waals surface area contributed by atoms with Crippen molar-refractivity contribution in [3.05, 3.63) is 48.4 Å². The molecule has 0 saturated carbocycles. The summed E-state index contributed by atoms with van der Waals surface area (Å²) < 4.78 is 6.20. The molecule has 3 aromatic rings. The van der Waals surface area contributed by atoms with Crippen LogP contribution in [0.1, 0.15) is 32.8 Å². The van der Waals surface area contributed by atoms with Crippen molar-refractivity contribution in [2.75, 3.05) is 4.90 Å². The second-order valence-electron chi connectivity index (χ2n) is 7.36. The molecule has 0 bridgehead atoms. The Morgan fingerprint density at radius 3 is 2.83 bits per heavy atom. The minimum absolute atomic E-state index is 0.447. The third kappa shape index (κ3) is 2.31. The smallest absolute Gasteiger partial charge is 0.159 e. The predicted octanol–water partition coefficient (Wildman–Crippen LogP) is 5.67. The van der Waals surface area contributed by atoms with Gasteiger partial charge in [0.2, 0.25) is 0 Å². The molecule has 0 N–H and O–H groups in total. The van der Waals surface area contributed by atoms with Gasteiger partial charge in [-0.05, 0) is 43.7 Å². The maximum absolute atomic E-state index is 6.20. The van der Waals surface area contributed by atoms with Crippen molar-refractivity contribution < 1.29 is 4.42 Å². The Kier molecular flexibility index (Phi) is 3.60. The molecule has 0 radical (unpaired) electrons. The summed E-state index contributed by atoms with van der Waals surface area (Å²) in [6.45, 7) is 9.06. The summed E-state index contributed by atoms with van der Waals surface area (Å²) in [5.74, 6) is 1.29. The number of hydrogen-bond acceptors (Lipinski definition) is 3. The highest BCUT2D eigenvalue weighted by Crippen LogP contribution is 2.41. The number of fused-ring (bicyclic) bond motifs is 3. The zero-order valence-electron chi connectivity index (χ0n) is 14.8. The van der Waals surface area contributed by atoms with Crippen molar-refractivity contribution in [3.63, 3.8) is 0 Å². The molecule has 3 nitrogen and oxygen atoms in total. The van der Waals surface area contributed by atoms with Crippen LogP contribution >= 0.6 is 0 Å². The molecule has 24 heavy (non-hydrogen) atoms. The van der Waals surface area contributed by atoms with Crippen LogP contribution in [-0.4, -0.2) is 11.0 Å². The van der Waals surface area contributed by atoms with Gasteiger partial charge in [-0.25, -0.2) is 0 Å². The van der Waals surface area contributed by atoms with E-state index in [-0.39, 0.29) is 0 Å². The molecule has 0 spiro atoms. The van der Waals surface area contributed by atoms with Gasteiger partial charge in [0.1, 0.15) is 0 Å². The molecule has 0 aliphatic carbocycles. The van der Waals surface area contributed by atoms with Crippen LogP contribution in [0.2, 0.25) is 0 Å². The molecule has 1 unspecified atom stereocenters. The molecule has 0 saturated heterocycles. The minimum atomic E-state index is 0.447. The molecular weight excluding hydrogens is 296 g/mol. The topological polar surface area (TPSA) is 29.3 Å². The van der Waals surface area contributed by atoms with Gasteiger partial charge in [-0.15, -0.1) is 0 Å². The molecule has 0 fully saturated rings. The average Bonchev–Trinajstić information content (AvgIpc) is 3.09. The number of benzene rings is 1. The van der Waals surface area contributed by atoms with Crippen LogP contribution in [-0.2, 0) is 0 Å². The quantitative estimate of drug-likeness (QED) is 0.622. The third-order valence-electron chi connectivity index (χ3n) is 5.17. The van der Waals surface area contributed by atoms with Crippen molar-refractivity contribution in [1.29, 1.82) is 0 Å². The lowest BCUT2D eigenvalue weighted by Crippen LogP contribution is -2.30. The summed E-state index contributed by atoms with van der Waals surface area (Å²) >= 11 is 0. The van der Waals surface area contributed by atoms with Crippen LogP contribution < -0.4 is 4.90 Å². The predicted molar refractivity (Wildman–Crippen MR) is 100 cm³/mol. The molecule has 3 heterocycles. The van der Waals surface area contributed by atoms with E-state index >= 15 is 0 Å². The van der Waals surface area contributed by atoms with Gasteiger partial charge >= 0.3 is 0 Å². The van der Waals surface area contributed by atoms with E-state index in [9.17, 15) is 0 Å². The maximum atomic E-state index is 6.20. The Hall–Kier alpha value is -2.29. The van der Waals surface area contributed by atoms with Crippen LogP contribution in [0, 0.1) is 18.8 Å². The first-order valence-corrected chi connectivity index (χ1v) is 8.78. The fourth-order valence-electron chi connectivity index (χ4n) is 3.90. The first kappa shape index (κ1) is 15.3. The van der Waals surface area contributed by atoms with Crippen LogP contribution in [0.4, 0.5) is 5.69 Å². The fourth-order valence-corrected chi connectivity index (χ4v) is 3.90. The highest BCUT2D eigenvalue weighted by Gasteiger charge is 2.29. The van der Waals surface area contributed by atoms with E-state index in [1.54, 1.807) is 6.20 Å². The SMILES string of the molecule is Cc1ccc2c(oc3cnccc32)c1N1C=CC(CC(C)C)[C@@H]1C. The monoisotopic (exact) mass is 320 g/mol.